The molecule has 94 valence electrons. The fourth-order valence-electron chi connectivity index (χ4n) is 1.84. The summed E-state index contributed by atoms with van der Waals surface area (Å²) < 4.78 is 9.07. The van der Waals surface area contributed by atoms with Crippen LogP contribution in [-0.4, -0.2) is 46.8 Å². The Morgan fingerprint density at radius 3 is 3.35 bits per heavy atom. The predicted octanol–water partition coefficient (Wildman–Crippen LogP) is 1.43. The number of aromatic nitrogens is 2. The van der Waals surface area contributed by atoms with Crippen LogP contribution in [0.3, 0.4) is 0 Å². The Morgan fingerprint density at radius 1 is 1.76 bits per heavy atom. The number of likely N-dealkylation sites (tertiary alicyclic amines) is 1. The van der Waals surface area contributed by atoms with Crippen LogP contribution in [0.15, 0.2) is 6.20 Å². The van der Waals surface area contributed by atoms with Crippen LogP contribution in [0.5, 0.6) is 0 Å². The first-order valence-corrected chi connectivity index (χ1v) is 6.48. The van der Waals surface area contributed by atoms with Crippen molar-refractivity contribution in [3.63, 3.8) is 0 Å². The lowest BCUT2D eigenvalue weighted by atomic mass is 10.1. The summed E-state index contributed by atoms with van der Waals surface area (Å²) in [6.45, 7) is 5.00. The molecule has 1 aromatic rings. The number of nitrogens with zero attached hydrogens (tertiary/aromatic N) is 3. The van der Waals surface area contributed by atoms with Gasteiger partial charge in [-0.05, 0) is 13.3 Å². The van der Waals surface area contributed by atoms with Crippen molar-refractivity contribution >= 4 is 22.6 Å². The molecule has 0 aliphatic carbocycles. The van der Waals surface area contributed by atoms with Crippen LogP contribution in [-0.2, 0) is 4.74 Å². The Balaban J connectivity index is 1.78. The molecule has 2 heterocycles. The van der Waals surface area contributed by atoms with Crippen molar-refractivity contribution in [2.45, 2.75) is 13.3 Å². The first-order chi connectivity index (χ1) is 8.29. The SMILES string of the molecule is CCOC[C@H]1CCN(C(=O)Nc2cnns2)C1. The molecule has 1 atom stereocenters. The summed E-state index contributed by atoms with van der Waals surface area (Å²) in [4.78, 5) is 13.7. The van der Waals surface area contributed by atoms with Gasteiger partial charge in [0.2, 0.25) is 0 Å². The topological polar surface area (TPSA) is 67.3 Å². The van der Waals surface area contributed by atoms with E-state index in [9.17, 15) is 4.79 Å². The van der Waals surface area contributed by atoms with Gasteiger partial charge in [0.15, 0.2) is 0 Å². The third kappa shape index (κ3) is 3.37. The van der Waals surface area contributed by atoms with E-state index >= 15 is 0 Å². The van der Waals surface area contributed by atoms with Crippen molar-refractivity contribution in [3.8, 4) is 0 Å². The van der Waals surface area contributed by atoms with Crippen molar-refractivity contribution in [3.05, 3.63) is 6.20 Å². The number of carbonyl (C=O) groups is 1. The molecule has 1 aromatic heterocycles. The van der Waals surface area contributed by atoms with E-state index in [4.69, 9.17) is 4.74 Å². The molecule has 0 saturated carbocycles. The fraction of sp³-hybridized carbons (Fsp3) is 0.700. The second-order valence-electron chi connectivity index (χ2n) is 3.97. The van der Waals surface area contributed by atoms with E-state index in [-0.39, 0.29) is 6.03 Å². The van der Waals surface area contributed by atoms with Crippen molar-refractivity contribution in [1.82, 2.24) is 14.5 Å². The molecule has 1 saturated heterocycles. The van der Waals surface area contributed by atoms with Crippen molar-refractivity contribution in [2.24, 2.45) is 5.92 Å². The normalized spacial score (nSPS) is 19.6. The van der Waals surface area contributed by atoms with Gasteiger partial charge in [0, 0.05) is 37.1 Å². The minimum atomic E-state index is -0.0740. The molecule has 1 aliphatic rings. The van der Waals surface area contributed by atoms with E-state index in [1.165, 1.54) is 11.5 Å². The number of amides is 2. The van der Waals surface area contributed by atoms with Crippen molar-refractivity contribution < 1.29 is 9.53 Å². The minimum Gasteiger partial charge on any atom is -0.381 e. The molecular weight excluding hydrogens is 240 g/mol. The van der Waals surface area contributed by atoms with E-state index < -0.39 is 0 Å². The zero-order chi connectivity index (χ0) is 12.1. The van der Waals surface area contributed by atoms with Gasteiger partial charge in [0.25, 0.3) is 0 Å². The monoisotopic (exact) mass is 256 g/mol. The molecule has 2 amide bonds. The Labute approximate surface area is 104 Å². The molecule has 1 N–H and O–H groups in total. The number of hydrogen-bond donors (Lipinski definition) is 1. The lowest BCUT2D eigenvalue weighted by Gasteiger charge is -2.16. The maximum absolute atomic E-state index is 11.9. The molecule has 0 unspecified atom stereocenters. The van der Waals surface area contributed by atoms with Crippen LogP contribution in [0.2, 0.25) is 0 Å². The highest BCUT2D eigenvalue weighted by molar-refractivity contribution is 7.10. The van der Waals surface area contributed by atoms with Crippen LogP contribution in [0.1, 0.15) is 13.3 Å². The average Bonchev–Trinajstić information content (AvgIpc) is 2.96. The summed E-state index contributed by atoms with van der Waals surface area (Å²) in [6, 6.07) is -0.0740. The van der Waals surface area contributed by atoms with E-state index in [1.54, 1.807) is 6.20 Å². The molecule has 0 radical (unpaired) electrons. The number of urea groups is 1. The summed E-state index contributed by atoms with van der Waals surface area (Å²) in [5.74, 6) is 0.459. The van der Waals surface area contributed by atoms with Gasteiger partial charge >= 0.3 is 6.03 Å². The van der Waals surface area contributed by atoms with Crippen LogP contribution >= 0.6 is 11.5 Å². The smallest absolute Gasteiger partial charge is 0.322 e. The minimum absolute atomic E-state index is 0.0740. The standard InChI is InChI=1S/C10H16N4O2S/c1-2-16-7-8-3-4-14(6-8)10(15)12-9-5-11-13-17-9/h5,8H,2-4,6-7H2,1H3,(H,12,15)/t8-/m0/s1. The lowest BCUT2D eigenvalue weighted by molar-refractivity contribution is 0.113. The van der Waals surface area contributed by atoms with E-state index in [0.29, 0.717) is 10.9 Å². The number of carbonyl (C=O) groups excluding carboxylic acids is 1. The van der Waals surface area contributed by atoms with Gasteiger partial charge in [-0.1, -0.05) is 4.49 Å². The highest BCUT2D eigenvalue weighted by atomic mass is 32.1. The quantitative estimate of drug-likeness (QED) is 0.885. The molecule has 7 heteroatoms. The number of anilines is 1. The second-order valence-corrected chi connectivity index (χ2v) is 4.76. The summed E-state index contributed by atoms with van der Waals surface area (Å²) in [5.41, 5.74) is 0. The molecular formula is C10H16N4O2S. The maximum Gasteiger partial charge on any atom is 0.322 e. The summed E-state index contributed by atoms with van der Waals surface area (Å²) in [5, 5.41) is 7.14. The highest BCUT2D eigenvalue weighted by Crippen LogP contribution is 2.18. The second kappa shape index (κ2) is 5.92. The summed E-state index contributed by atoms with van der Waals surface area (Å²) >= 11 is 1.18. The van der Waals surface area contributed by atoms with Crippen molar-refractivity contribution in [2.75, 3.05) is 31.6 Å². The van der Waals surface area contributed by atoms with Gasteiger partial charge in [-0.2, -0.15) is 0 Å². The fourth-order valence-corrected chi connectivity index (χ4v) is 2.25. The van der Waals surface area contributed by atoms with Gasteiger partial charge < -0.3 is 9.64 Å². The number of nitrogens with one attached hydrogen (secondary N) is 1. The van der Waals surface area contributed by atoms with E-state index in [1.807, 2.05) is 11.8 Å². The summed E-state index contributed by atoms with van der Waals surface area (Å²) in [6.07, 6.45) is 2.56. The number of ether oxygens (including phenoxy) is 1. The first kappa shape index (κ1) is 12.3. The Bertz CT molecular complexity index is 357. The van der Waals surface area contributed by atoms with Crippen LogP contribution in [0.4, 0.5) is 9.80 Å². The predicted molar refractivity (Wildman–Crippen MR) is 65.1 cm³/mol. The lowest BCUT2D eigenvalue weighted by Crippen LogP contribution is -2.33. The molecule has 17 heavy (non-hydrogen) atoms. The largest absolute Gasteiger partial charge is 0.381 e. The number of rotatable bonds is 4. The highest BCUT2D eigenvalue weighted by Gasteiger charge is 2.26. The van der Waals surface area contributed by atoms with Crippen LogP contribution in [0, 0.1) is 5.92 Å². The van der Waals surface area contributed by atoms with Gasteiger partial charge in [-0.25, -0.2) is 4.79 Å². The maximum atomic E-state index is 11.9. The van der Waals surface area contributed by atoms with Gasteiger partial charge in [-0.3, -0.25) is 5.32 Å². The molecule has 0 bridgehead atoms. The molecule has 6 nitrogen and oxygen atoms in total. The van der Waals surface area contributed by atoms with Gasteiger partial charge in [0.1, 0.15) is 5.00 Å². The molecule has 1 fully saturated rings. The molecule has 0 aromatic carbocycles. The van der Waals surface area contributed by atoms with Crippen LogP contribution in [0.25, 0.3) is 0 Å². The van der Waals surface area contributed by atoms with E-state index in [0.717, 1.165) is 32.7 Å². The zero-order valence-corrected chi connectivity index (χ0v) is 10.6. The van der Waals surface area contributed by atoms with Gasteiger partial charge in [-0.15, -0.1) is 5.10 Å². The van der Waals surface area contributed by atoms with Crippen molar-refractivity contribution in [1.29, 1.82) is 0 Å². The number of hydrogen-bond acceptors (Lipinski definition) is 5. The Kier molecular flexibility index (Phi) is 4.27. The van der Waals surface area contributed by atoms with Gasteiger partial charge in [0.05, 0.1) is 12.8 Å². The summed E-state index contributed by atoms with van der Waals surface area (Å²) in [7, 11) is 0. The third-order valence-electron chi connectivity index (χ3n) is 2.72. The van der Waals surface area contributed by atoms with E-state index in [2.05, 4.69) is 14.9 Å². The molecule has 0 spiro atoms. The molecule has 1 aliphatic heterocycles. The third-order valence-corrected chi connectivity index (χ3v) is 3.30. The molecule has 2 rings (SSSR count). The zero-order valence-electron chi connectivity index (χ0n) is 9.76. The average molecular weight is 256 g/mol. The Hall–Kier alpha value is -1.21. The van der Waals surface area contributed by atoms with Crippen LogP contribution < -0.4 is 5.32 Å². The Morgan fingerprint density at radius 2 is 2.65 bits per heavy atom. The first-order valence-electron chi connectivity index (χ1n) is 5.70.